The highest BCUT2D eigenvalue weighted by Crippen LogP contribution is 2.25. The van der Waals surface area contributed by atoms with Gasteiger partial charge in [-0.1, -0.05) is 43.7 Å². The monoisotopic (exact) mass is 467 g/mol. The highest BCUT2D eigenvalue weighted by atomic mass is 16.5. The van der Waals surface area contributed by atoms with Gasteiger partial charge in [-0.15, -0.1) is 0 Å². The average Bonchev–Trinajstić information content (AvgIpc) is 2.86. The molecule has 0 bridgehead atoms. The third kappa shape index (κ3) is 7.05. The van der Waals surface area contributed by atoms with Crippen LogP contribution in [0.3, 0.4) is 0 Å². The zero-order chi connectivity index (χ0) is 24.4. The molecule has 1 aliphatic rings. The lowest BCUT2D eigenvalue weighted by molar-refractivity contribution is -0.130. The Morgan fingerprint density at radius 2 is 1.76 bits per heavy atom. The maximum atomic E-state index is 13.5. The van der Waals surface area contributed by atoms with Crippen LogP contribution in [0.15, 0.2) is 54.6 Å². The van der Waals surface area contributed by atoms with Crippen LogP contribution in [0, 0.1) is 0 Å². The molecule has 0 unspecified atom stereocenters. The Morgan fingerprint density at radius 3 is 2.38 bits per heavy atom. The number of carbonyl (C=O) groups is 2. The number of hydrogen-bond donors (Lipinski definition) is 3. The maximum Gasteiger partial charge on any atom is 0.335 e. The summed E-state index contributed by atoms with van der Waals surface area (Å²) in [4.78, 5) is 27.1. The molecule has 2 aromatic carbocycles. The summed E-state index contributed by atoms with van der Waals surface area (Å²) in [7, 11) is 0. The molecule has 3 rings (SSSR count). The van der Waals surface area contributed by atoms with Gasteiger partial charge in [0.25, 0.3) is 0 Å². The second kappa shape index (κ2) is 12.5. The first-order chi connectivity index (χ1) is 16.4. The molecule has 2 aromatic rings. The minimum atomic E-state index is -0.959. The van der Waals surface area contributed by atoms with Gasteiger partial charge in [0.2, 0.25) is 5.91 Å². The van der Waals surface area contributed by atoms with E-state index < -0.39 is 11.5 Å². The van der Waals surface area contributed by atoms with Crippen molar-refractivity contribution in [1.29, 1.82) is 0 Å². The Labute approximate surface area is 202 Å². The molecule has 0 aromatic heterocycles. The van der Waals surface area contributed by atoms with E-state index in [9.17, 15) is 9.59 Å². The second-order valence-corrected chi connectivity index (χ2v) is 8.99. The highest BCUT2D eigenvalue weighted by molar-refractivity contribution is 5.88. The minimum absolute atomic E-state index is 0.0165. The van der Waals surface area contributed by atoms with E-state index in [2.05, 4.69) is 22.5 Å². The Bertz CT molecular complexity index is 909. The van der Waals surface area contributed by atoms with Gasteiger partial charge in [-0.05, 0) is 62.6 Å². The van der Waals surface area contributed by atoms with Crippen LogP contribution in [0.5, 0.6) is 5.75 Å². The van der Waals surface area contributed by atoms with Gasteiger partial charge < -0.3 is 20.1 Å². The van der Waals surface area contributed by atoms with Crippen molar-refractivity contribution in [2.24, 2.45) is 0 Å². The van der Waals surface area contributed by atoms with Crippen molar-refractivity contribution in [2.45, 2.75) is 51.1 Å². The highest BCUT2D eigenvalue weighted by Gasteiger charge is 2.41. The van der Waals surface area contributed by atoms with Crippen molar-refractivity contribution < 1.29 is 19.4 Å². The normalized spacial score (nSPS) is 16.5. The van der Waals surface area contributed by atoms with Gasteiger partial charge in [-0.2, -0.15) is 0 Å². The molecule has 0 aliphatic carbocycles. The van der Waals surface area contributed by atoms with Gasteiger partial charge in [-0.25, -0.2) is 4.79 Å². The molecule has 1 aliphatic heterocycles. The third-order valence-electron chi connectivity index (χ3n) is 6.55. The van der Waals surface area contributed by atoms with Gasteiger partial charge >= 0.3 is 5.97 Å². The number of nitrogens with one attached hydrogen (secondary N) is 2. The number of carbonyl (C=O) groups excluding carboxylic acids is 1. The first kappa shape index (κ1) is 25.7. The quantitative estimate of drug-likeness (QED) is 0.411. The zero-order valence-electron chi connectivity index (χ0n) is 20.3. The van der Waals surface area contributed by atoms with E-state index in [1.807, 2.05) is 37.3 Å². The molecule has 3 N–H and O–H groups in total. The largest absolute Gasteiger partial charge is 0.492 e. The topological polar surface area (TPSA) is 90.9 Å². The number of rotatable bonds is 12. The summed E-state index contributed by atoms with van der Waals surface area (Å²) in [5, 5.41) is 15.8. The summed E-state index contributed by atoms with van der Waals surface area (Å²) in [5.74, 6) is -0.160. The van der Waals surface area contributed by atoms with E-state index in [1.54, 1.807) is 24.3 Å². The molecule has 1 atom stereocenters. The molecule has 184 valence electrons. The minimum Gasteiger partial charge on any atom is -0.492 e. The fourth-order valence-electron chi connectivity index (χ4n) is 4.33. The SMILES string of the molecule is CCCCN1CCC(NCCOc2ccccc2)(C(=O)N[C@@H](C)c2ccc(C(=O)O)cc2)CC1. The molecule has 1 amide bonds. The lowest BCUT2D eigenvalue weighted by Gasteiger charge is -2.42. The number of ether oxygens (including phenoxy) is 1. The number of hydrogen-bond acceptors (Lipinski definition) is 5. The molecule has 1 fully saturated rings. The maximum absolute atomic E-state index is 13.5. The third-order valence-corrected chi connectivity index (χ3v) is 6.55. The Kier molecular flexibility index (Phi) is 9.48. The molecule has 7 nitrogen and oxygen atoms in total. The van der Waals surface area contributed by atoms with Crippen molar-refractivity contribution in [3.05, 3.63) is 65.7 Å². The molecule has 0 spiro atoms. The van der Waals surface area contributed by atoms with Gasteiger partial charge in [0.15, 0.2) is 0 Å². The standard InChI is InChI=1S/C27H37N3O4/c1-3-4-17-30-18-14-27(15-19-30,28-16-20-34-24-8-6-5-7-9-24)26(33)29-21(2)22-10-12-23(13-11-22)25(31)32/h5-13,21,28H,3-4,14-20H2,1-2H3,(H,29,33)(H,31,32)/t21-/m0/s1. The number of piperidine rings is 1. The number of para-hydroxylation sites is 1. The van der Waals surface area contributed by atoms with Crippen LogP contribution in [0.1, 0.15) is 61.5 Å². The predicted octanol–water partition coefficient (Wildman–Crippen LogP) is 3.87. The second-order valence-electron chi connectivity index (χ2n) is 8.99. The summed E-state index contributed by atoms with van der Waals surface area (Å²) in [6.07, 6.45) is 3.80. The van der Waals surface area contributed by atoms with E-state index in [4.69, 9.17) is 9.84 Å². The lowest BCUT2D eigenvalue weighted by atomic mass is 9.85. The lowest BCUT2D eigenvalue weighted by Crippen LogP contribution is -2.62. The molecule has 1 heterocycles. The number of likely N-dealkylation sites (tertiary alicyclic amines) is 1. The van der Waals surface area contributed by atoms with E-state index >= 15 is 0 Å². The van der Waals surface area contributed by atoms with Crippen molar-refractivity contribution in [3.8, 4) is 5.75 Å². The molecule has 0 saturated carbocycles. The summed E-state index contributed by atoms with van der Waals surface area (Å²) in [6, 6.07) is 16.1. The molecular weight excluding hydrogens is 430 g/mol. The van der Waals surface area contributed by atoms with Crippen LogP contribution in [-0.2, 0) is 4.79 Å². The van der Waals surface area contributed by atoms with E-state index in [1.165, 1.54) is 6.42 Å². The van der Waals surface area contributed by atoms with Crippen molar-refractivity contribution in [1.82, 2.24) is 15.5 Å². The molecule has 34 heavy (non-hydrogen) atoms. The number of carboxylic acids is 1. The molecular formula is C27H37N3O4. The Morgan fingerprint density at radius 1 is 1.09 bits per heavy atom. The van der Waals surface area contributed by atoms with Crippen molar-refractivity contribution >= 4 is 11.9 Å². The van der Waals surface area contributed by atoms with Crippen LogP contribution in [0.25, 0.3) is 0 Å². The van der Waals surface area contributed by atoms with Gasteiger partial charge in [0, 0.05) is 19.6 Å². The number of amides is 1. The number of aromatic carboxylic acids is 1. The van der Waals surface area contributed by atoms with Gasteiger partial charge in [-0.3, -0.25) is 10.1 Å². The summed E-state index contributed by atoms with van der Waals surface area (Å²) in [5.41, 5.74) is 0.456. The average molecular weight is 468 g/mol. The summed E-state index contributed by atoms with van der Waals surface area (Å²) < 4.78 is 5.82. The summed E-state index contributed by atoms with van der Waals surface area (Å²) >= 11 is 0. The van der Waals surface area contributed by atoms with Crippen LogP contribution in [0.4, 0.5) is 0 Å². The summed E-state index contributed by atoms with van der Waals surface area (Å²) in [6.45, 7) is 7.99. The Hall–Kier alpha value is -2.90. The number of carboxylic acid groups (broad SMARTS) is 1. The van der Waals surface area contributed by atoms with Crippen LogP contribution in [-0.4, -0.2) is 60.2 Å². The smallest absolute Gasteiger partial charge is 0.335 e. The fraction of sp³-hybridized carbons (Fsp3) is 0.481. The first-order valence-electron chi connectivity index (χ1n) is 12.2. The predicted molar refractivity (Wildman–Crippen MR) is 133 cm³/mol. The van der Waals surface area contributed by atoms with Crippen molar-refractivity contribution in [3.63, 3.8) is 0 Å². The number of unbranched alkanes of at least 4 members (excludes halogenated alkanes) is 1. The number of nitrogens with zero attached hydrogens (tertiary/aromatic N) is 1. The number of benzene rings is 2. The van der Waals surface area contributed by atoms with E-state index in [0.29, 0.717) is 13.2 Å². The molecule has 1 saturated heterocycles. The molecule has 0 radical (unpaired) electrons. The molecule has 7 heteroatoms. The first-order valence-corrected chi connectivity index (χ1v) is 12.2. The van der Waals surface area contributed by atoms with Crippen molar-refractivity contribution in [2.75, 3.05) is 32.8 Å². The van der Waals surface area contributed by atoms with Gasteiger partial charge in [0.1, 0.15) is 17.9 Å². The van der Waals surface area contributed by atoms with Crippen LogP contribution >= 0.6 is 0 Å². The van der Waals surface area contributed by atoms with Crippen LogP contribution < -0.4 is 15.4 Å². The van der Waals surface area contributed by atoms with E-state index in [-0.39, 0.29) is 17.5 Å². The zero-order valence-corrected chi connectivity index (χ0v) is 20.3. The van der Waals surface area contributed by atoms with E-state index in [0.717, 1.165) is 50.2 Å². The fourth-order valence-corrected chi connectivity index (χ4v) is 4.33. The Balaban J connectivity index is 1.62. The van der Waals surface area contributed by atoms with Crippen LogP contribution in [0.2, 0.25) is 0 Å². The van der Waals surface area contributed by atoms with Gasteiger partial charge in [0.05, 0.1) is 11.6 Å².